The Balaban J connectivity index is 2.00. The average Bonchev–Trinajstić information content (AvgIpc) is 2.43. The lowest BCUT2D eigenvalue weighted by molar-refractivity contribution is 0.414. The molecule has 0 radical (unpaired) electrons. The summed E-state index contributed by atoms with van der Waals surface area (Å²) in [6, 6.07) is 10.7. The van der Waals surface area contributed by atoms with Crippen LogP contribution in [0.1, 0.15) is 11.1 Å². The molecule has 2 aromatic rings. The Kier molecular flexibility index (Phi) is 4.69. The van der Waals surface area contributed by atoms with Crippen molar-refractivity contribution in [2.24, 2.45) is 5.73 Å². The fourth-order valence-corrected chi connectivity index (χ4v) is 2.12. The highest BCUT2D eigenvalue weighted by Crippen LogP contribution is 2.15. The predicted octanol–water partition coefficient (Wildman–Crippen LogP) is 3.09. The molecule has 2 N–H and O–H groups in total. The van der Waals surface area contributed by atoms with Crippen molar-refractivity contribution in [2.75, 3.05) is 7.11 Å². The van der Waals surface area contributed by atoms with Crippen LogP contribution in [-0.2, 0) is 12.8 Å². The van der Waals surface area contributed by atoms with Crippen molar-refractivity contribution in [2.45, 2.75) is 18.9 Å². The van der Waals surface area contributed by atoms with Crippen LogP contribution in [0.15, 0.2) is 42.5 Å². The Morgan fingerprint density at radius 1 is 1.05 bits per heavy atom. The lowest BCUT2D eigenvalue weighted by Gasteiger charge is -2.13. The van der Waals surface area contributed by atoms with Crippen molar-refractivity contribution >= 4 is 0 Å². The van der Waals surface area contributed by atoms with E-state index in [0.717, 1.165) is 23.4 Å². The summed E-state index contributed by atoms with van der Waals surface area (Å²) in [7, 11) is 1.60. The van der Waals surface area contributed by atoms with Gasteiger partial charge in [-0.2, -0.15) is 0 Å². The molecule has 2 nitrogen and oxygen atoms in total. The summed E-state index contributed by atoms with van der Waals surface area (Å²) in [6.45, 7) is 0. The number of hydrogen-bond acceptors (Lipinski definition) is 2. The van der Waals surface area contributed by atoms with E-state index in [4.69, 9.17) is 10.5 Å². The first-order valence-corrected chi connectivity index (χ1v) is 6.41. The van der Waals surface area contributed by atoms with Gasteiger partial charge in [-0.15, -0.1) is 0 Å². The SMILES string of the molecule is COc1ccc(CC(N)Cc2cc(F)ccc2F)cc1. The molecule has 106 valence electrons. The smallest absolute Gasteiger partial charge is 0.126 e. The van der Waals surface area contributed by atoms with Gasteiger partial charge in [0, 0.05) is 6.04 Å². The Morgan fingerprint density at radius 2 is 1.75 bits per heavy atom. The lowest BCUT2D eigenvalue weighted by atomic mass is 9.99. The standard InChI is InChI=1S/C16H17F2NO/c1-20-15-5-2-11(3-6-15)8-14(19)10-12-9-13(17)4-7-16(12)18/h2-7,9,14H,8,10,19H2,1H3. The fraction of sp³-hybridized carbons (Fsp3) is 0.250. The van der Waals surface area contributed by atoms with Crippen molar-refractivity contribution in [3.8, 4) is 5.75 Å². The van der Waals surface area contributed by atoms with E-state index in [2.05, 4.69) is 0 Å². The van der Waals surface area contributed by atoms with Crippen molar-refractivity contribution in [1.82, 2.24) is 0 Å². The molecule has 0 amide bonds. The fourth-order valence-electron chi connectivity index (χ4n) is 2.12. The maximum Gasteiger partial charge on any atom is 0.126 e. The van der Waals surface area contributed by atoms with Crippen LogP contribution in [-0.4, -0.2) is 13.2 Å². The van der Waals surface area contributed by atoms with Gasteiger partial charge in [-0.05, 0) is 54.3 Å². The van der Waals surface area contributed by atoms with Gasteiger partial charge in [-0.25, -0.2) is 8.78 Å². The zero-order valence-corrected chi connectivity index (χ0v) is 11.3. The number of methoxy groups -OCH3 is 1. The number of rotatable bonds is 5. The highest BCUT2D eigenvalue weighted by atomic mass is 19.1. The molecule has 0 aliphatic rings. The lowest BCUT2D eigenvalue weighted by Crippen LogP contribution is -2.26. The van der Waals surface area contributed by atoms with Crippen LogP contribution in [0.5, 0.6) is 5.75 Å². The van der Waals surface area contributed by atoms with Crippen LogP contribution in [0.25, 0.3) is 0 Å². The number of benzene rings is 2. The monoisotopic (exact) mass is 277 g/mol. The molecule has 1 unspecified atom stereocenters. The maximum absolute atomic E-state index is 13.5. The summed E-state index contributed by atoms with van der Waals surface area (Å²) in [5.74, 6) is -0.0897. The molecule has 0 heterocycles. The Bertz CT molecular complexity index is 569. The first-order chi connectivity index (χ1) is 9.58. The topological polar surface area (TPSA) is 35.2 Å². The van der Waals surface area contributed by atoms with E-state index in [0.29, 0.717) is 18.4 Å². The third-order valence-electron chi connectivity index (χ3n) is 3.15. The summed E-state index contributed by atoms with van der Waals surface area (Å²) in [4.78, 5) is 0. The van der Waals surface area contributed by atoms with Gasteiger partial charge in [0.15, 0.2) is 0 Å². The summed E-state index contributed by atoms with van der Waals surface area (Å²) >= 11 is 0. The van der Waals surface area contributed by atoms with E-state index >= 15 is 0 Å². The first kappa shape index (κ1) is 14.5. The van der Waals surface area contributed by atoms with Crippen molar-refractivity contribution < 1.29 is 13.5 Å². The van der Waals surface area contributed by atoms with Gasteiger partial charge in [0.25, 0.3) is 0 Å². The molecule has 4 heteroatoms. The Hall–Kier alpha value is -1.94. The molecule has 20 heavy (non-hydrogen) atoms. The van der Waals surface area contributed by atoms with Crippen molar-refractivity contribution in [1.29, 1.82) is 0 Å². The summed E-state index contributed by atoms with van der Waals surface area (Å²) in [5.41, 5.74) is 7.36. The molecule has 2 aromatic carbocycles. The molecule has 0 aliphatic carbocycles. The summed E-state index contributed by atoms with van der Waals surface area (Å²) in [6.07, 6.45) is 0.898. The maximum atomic E-state index is 13.5. The predicted molar refractivity (Wildman–Crippen MR) is 74.7 cm³/mol. The molecule has 0 fully saturated rings. The van der Waals surface area contributed by atoms with Crippen LogP contribution in [0.2, 0.25) is 0 Å². The van der Waals surface area contributed by atoms with Gasteiger partial charge in [0.05, 0.1) is 7.11 Å². The second-order valence-corrected chi connectivity index (χ2v) is 4.75. The minimum atomic E-state index is -0.446. The molecule has 0 saturated heterocycles. The zero-order valence-electron chi connectivity index (χ0n) is 11.3. The quantitative estimate of drug-likeness (QED) is 0.911. The van der Waals surface area contributed by atoms with Gasteiger partial charge < -0.3 is 10.5 Å². The molecule has 0 saturated carbocycles. The van der Waals surface area contributed by atoms with Gasteiger partial charge in [0.1, 0.15) is 17.4 Å². The van der Waals surface area contributed by atoms with Crippen molar-refractivity contribution in [3.63, 3.8) is 0 Å². The number of halogens is 2. The molecular formula is C16H17F2NO. The first-order valence-electron chi connectivity index (χ1n) is 6.41. The molecule has 2 rings (SSSR count). The van der Waals surface area contributed by atoms with Crippen LogP contribution in [0.3, 0.4) is 0 Å². The van der Waals surface area contributed by atoms with E-state index in [1.807, 2.05) is 24.3 Å². The minimum absolute atomic E-state index is 0.264. The van der Waals surface area contributed by atoms with Crippen molar-refractivity contribution in [3.05, 3.63) is 65.2 Å². The van der Waals surface area contributed by atoms with Crippen LogP contribution in [0.4, 0.5) is 8.78 Å². The molecular weight excluding hydrogens is 260 g/mol. The van der Waals surface area contributed by atoms with E-state index in [1.54, 1.807) is 7.11 Å². The van der Waals surface area contributed by atoms with E-state index < -0.39 is 11.6 Å². The normalized spacial score (nSPS) is 12.2. The van der Waals surface area contributed by atoms with Gasteiger partial charge >= 0.3 is 0 Å². The molecule has 0 bridgehead atoms. The number of hydrogen-bond donors (Lipinski definition) is 1. The zero-order chi connectivity index (χ0) is 14.5. The third-order valence-corrected chi connectivity index (χ3v) is 3.15. The van der Waals surface area contributed by atoms with Gasteiger partial charge in [-0.3, -0.25) is 0 Å². The van der Waals surface area contributed by atoms with E-state index in [-0.39, 0.29) is 6.04 Å². The molecule has 0 aromatic heterocycles. The second-order valence-electron chi connectivity index (χ2n) is 4.75. The summed E-state index contributed by atoms with van der Waals surface area (Å²) in [5, 5.41) is 0. The Labute approximate surface area is 117 Å². The molecule has 0 aliphatic heterocycles. The van der Waals surface area contributed by atoms with Gasteiger partial charge in [0.2, 0.25) is 0 Å². The summed E-state index contributed by atoms with van der Waals surface area (Å²) < 4.78 is 31.7. The van der Waals surface area contributed by atoms with E-state index in [9.17, 15) is 8.78 Å². The third kappa shape index (κ3) is 3.78. The van der Waals surface area contributed by atoms with Gasteiger partial charge in [-0.1, -0.05) is 12.1 Å². The van der Waals surface area contributed by atoms with Crippen LogP contribution < -0.4 is 10.5 Å². The second kappa shape index (κ2) is 6.48. The molecule has 0 spiro atoms. The van der Waals surface area contributed by atoms with Crippen LogP contribution >= 0.6 is 0 Å². The largest absolute Gasteiger partial charge is 0.497 e. The molecule has 1 atom stereocenters. The highest BCUT2D eigenvalue weighted by molar-refractivity contribution is 5.28. The average molecular weight is 277 g/mol. The number of nitrogens with two attached hydrogens (primary N) is 1. The van der Waals surface area contributed by atoms with Crippen LogP contribution in [0, 0.1) is 11.6 Å². The Morgan fingerprint density at radius 3 is 2.40 bits per heavy atom. The van der Waals surface area contributed by atoms with E-state index in [1.165, 1.54) is 6.07 Å². The number of ether oxygens (including phenoxy) is 1. The minimum Gasteiger partial charge on any atom is -0.497 e. The highest BCUT2D eigenvalue weighted by Gasteiger charge is 2.10.